The molecule has 388 valence electrons. The van der Waals surface area contributed by atoms with Crippen molar-refractivity contribution in [2.75, 3.05) is 40.9 Å². The Morgan fingerprint density at radius 1 is 0.523 bits per heavy atom. The second kappa shape index (κ2) is 48.3. The summed E-state index contributed by atoms with van der Waals surface area (Å²) in [4.78, 5) is 25.5. The van der Waals surface area contributed by atoms with E-state index in [1.807, 2.05) is 21.1 Å². The lowest BCUT2D eigenvalue weighted by atomic mass is 10.0. The van der Waals surface area contributed by atoms with Gasteiger partial charge in [-0.25, -0.2) is 0 Å². The van der Waals surface area contributed by atoms with E-state index in [4.69, 9.17) is 9.05 Å². The van der Waals surface area contributed by atoms with Crippen molar-refractivity contribution in [3.63, 3.8) is 0 Å². The normalized spacial score (nSPS) is 14.0. The average Bonchev–Trinajstić information content (AvgIpc) is 3.26. The topological polar surface area (TPSA) is 108 Å². The maximum Gasteiger partial charge on any atom is 0.268 e. The summed E-state index contributed by atoms with van der Waals surface area (Å²) in [7, 11) is 1.32. The standard InChI is InChI=1S/C56H113N2O6P/c1-6-8-10-12-14-16-18-20-22-24-26-27-28-29-30-32-34-36-38-40-42-44-46-48-50-56(60)57-54(53-64-65(61,62)63-52-51-58(3,4)5)55(59)49-47-45-43-41-39-37-35-33-31-25-23-21-19-17-15-13-11-9-7-2/h29-30,54-55,59H,6-28,31-53H2,1-5H3,(H-,57,60,61,62)/b30-29-. The number of nitrogens with zero attached hydrogens (tertiary/aromatic N) is 1. The molecule has 0 rings (SSSR count). The molecule has 0 aliphatic heterocycles. The minimum Gasteiger partial charge on any atom is -0.756 e. The van der Waals surface area contributed by atoms with Crippen LogP contribution in [-0.2, 0) is 18.4 Å². The maximum atomic E-state index is 13.0. The van der Waals surface area contributed by atoms with E-state index in [1.54, 1.807) is 0 Å². The molecular weight excluding hydrogens is 828 g/mol. The summed E-state index contributed by atoms with van der Waals surface area (Å²) in [5, 5.41) is 14.0. The van der Waals surface area contributed by atoms with E-state index in [1.165, 1.54) is 225 Å². The molecule has 0 fully saturated rings. The second-order valence-electron chi connectivity index (χ2n) is 21.0. The molecule has 65 heavy (non-hydrogen) atoms. The molecule has 0 aromatic heterocycles. The molecular formula is C56H113N2O6P. The fraction of sp³-hybridized carbons (Fsp3) is 0.946. The van der Waals surface area contributed by atoms with E-state index in [9.17, 15) is 19.4 Å². The first-order chi connectivity index (χ1) is 31.5. The average molecular weight is 942 g/mol. The summed E-state index contributed by atoms with van der Waals surface area (Å²) in [6, 6.07) is -0.800. The van der Waals surface area contributed by atoms with Crippen LogP contribution < -0.4 is 10.2 Å². The summed E-state index contributed by atoms with van der Waals surface area (Å²) in [5.74, 6) is -0.163. The van der Waals surface area contributed by atoms with Crippen LogP contribution in [0.5, 0.6) is 0 Å². The van der Waals surface area contributed by atoms with Crippen LogP contribution in [0.3, 0.4) is 0 Å². The molecule has 0 spiro atoms. The highest BCUT2D eigenvalue weighted by atomic mass is 31.2. The first-order valence-corrected chi connectivity index (χ1v) is 30.0. The fourth-order valence-electron chi connectivity index (χ4n) is 8.74. The minimum atomic E-state index is -4.57. The highest BCUT2D eigenvalue weighted by Gasteiger charge is 2.24. The lowest BCUT2D eigenvalue weighted by Gasteiger charge is -2.30. The molecule has 1 amide bonds. The van der Waals surface area contributed by atoms with Crippen molar-refractivity contribution in [3.8, 4) is 0 Å². The molecule has 3 unspecified atom stereocenters. The zero-order chi connectivity index (χ0) is 47.8. The number of quaternary nitrogens is 1. The Bertz CT molecular complexity index is 1070. The summed E-state index contributed by atoms with van der Waals surface area (Å²) in [6.07, 6.45) is 58.1. The lowest BCUT2D eigenvalue weighted by Crippen LogP contribution is -2.46. The molecule has 0 aromatic rings. The SMILES string of the molecule is CCCCCCCCCCCCCC/C=C\CCCCCCCCCCC(=O)NC(COP(=O)([O-])OCC[N+](C)(C)C)C(O)CCCCCCCCCCCCCCCCCCCCC. The summed E-state index contributed by atoms with van der Waals surface area (Å²) in [6.45, 7) is 4.77. The van der Waals surface area contributed by atoms with Gasteiger partial charge in [0.1, 0.15) is 13.2 Å². The number of carbonyl (C=O) groups is 1. The van der Waals surface area contributed by atoms with Gasteiger partial charge in [-0.3, -0.25) is 9.36 Å². The van der Waals surface area contributed by atoms with Gasteiger partial charge in [0, 0.05) is 6.42 Å². The van der Waals surface area contributed by atoms with E-state index in [2.05, 4.69) is 31.3 Å². The molecule has 0 saturated heterocycles. The van der Waals surface area contributed by atoms with Crippen molar-refractivity contribution in [3.05, 3.63) is 12.2 Å². The molecule has 0 aliphatic carbocycles. The molecule has 0 saturated carbocycles. The van der Waals surface area contributed by atoms with Gasteiger partial charge in [-0.15, -0.1) is 0 Å². The number of phosphoric ester groups is 1. The number of likely N-dealkylation sites (N-methyl/N-ethyl adjacent to an activating group) is 1. The molecule has 0 aliphatic rings. The molecule has 9 heteroatoms. The van der Waals surface area contributed by atoms with E-state index in [0.29, 0.717) is 23.9 Å². The van der Waals surface area contributed by atoms with Gasteiger partial charge in [0.05, 0.1) is 39.9 Å². The highest BCUT2D eigenvalue weighted by molar-refractivity contribution is 7.45. The van der Waals surface area contributed by atoms with Crippen LogP contribution >= 0.6 is 7.82 Å². The van der Waals surface area contributed by atoms with Crippen LogP contribution in [-0.4, -0.2) is 68.5 Å². The first-order valence-electron chi connectivity index (χ1n) is 28.5. The van der Waals surface area contributed by atoms with Gasteiger partial charge < -0.3 is 28.8 Å². The van der Waals surface area contributed by atoms with Gasteiger partial charge in [0.2, 0.25) is 5.91 Å². The Morgan fingerprint density at radius 3 is 1.20 bits per heavy atom. The Hall–Kier alpha value is -0.760. The van der Waals surface area contributed by atoms with E-state index in [0.717, 1.165) is 38.5 Å². The Balaban J connectivity index is 4.16. The summed E-state index contributed by atoms with van der Waals surface area (Å²) < 4.78 is 23.4. The highest BCUT2D eigenvalue weighted by Crippen LogP contribution is 2.38. The number of hydrogen-bond acceptors (Lipinski definition) is 6. The van der Waals surface area contributed by atoms with Crippen LogP contribution in [0.15, 0.2) is 12.2 Å². The van der Waals surface area contributed by atoms with E-state index < -0.39 is 20.0 Å². The Morgan fingerprint density at radius 2 is 0.846 bits per heavy atom. The molecule has 0 heterocycles. The lowest BCUT2D eigenvalue weighted by molar-refractivity contribution is -0.870. The number of rotatable bonds is 53. The van der Waals surface area contributed by atoms with Crippen molar-refractivity contribution in [1.29, 1.82) is 0 Å². The van der Waals surface area contributed by atoms with E-state index >= 15 is 0 Å². The Kier molecular flexibility index (Phi) is 47.7. The zero-order valence-electron chi connectivity index (χ0n) is 44.2. The summed E-state index contributed by atoms with van der Waals surface area (Å²) in [5.41, 5.74) is 0. The van der Waals surface area contributed by atoms with Crippen molar-refractivity contribution in [1.82, 2.24) is 5.32 Å². The van der Waals surface area contributed by atoms with Gasteiger partial charge in [0.25, 0.3) is 7.82 Å². The Labute approximate surface area is 405 Å². The number of hydrogen-bond donors (Lipinski definition) is 2. The second-order valence-corrected chi connectivity index (χ2v) is 22.4. The minimum absolute atomic E-state index is 0.0140. The van der Waals surface area contributed by atoms with Gasteiger partial charge in [-0.1, -0.05) is 257 Å². The first kappa shape index (κ1) is 64.2. The number of aliphatic hydroxyl groups excluding tert-OH is 1. The number of unbranched alkanes of at least 4 members (excludes halogenated alkanes) is 38. The largest absolute Gasteiger partial charge is 0.756 e. The third kappa shape index (κ3) is 50.9. The number of carbonyl (C=O) groups excluding carboxylic acids is 1. The molecule has 2 N–H and O–H groups in total. The monoisotopic (exact) mass is 941 g/mol. The van der Waals surface area contributed by atoms with Gasteiger partial charge in [-0.05, 0) is 38.5 Å². The van der Waals surface area contributed by atoms with Crippen LogP contribution in [0.25, 0.3) is 0 Å². The van der Waals surface area contributed by atoms with Gasteiger partial charge in [0.15, 0.2) is 0 Å². The fourth-order valence-corrected chi connectivity index (χ4v) is 9.47. The number of aliphatic hydroxyl groups is 1. The van der Waals surface area contributed by atoms with Crippen LogP contribution in [0.1, 0.15) is 290 Å². The summed E-state index contributed by atoms with van der Waals surface area (Å²) >= 11 is 0. The predicted octanol–water partition coefficient (Wildman–Crippen LogP) is 16.4. The quantitative estimate of drug-likeness (QED) is 0.0272. The molecule has 8 nitrogen and oxygen atoms in total. The number of amides is 1. The number of phosphoric acid groups is 1. The van der Waals surface area contributed by atoms with Crippen LogP contribution in [0, 0.1) is 0 Å². The van der Waals surface area contributed by atoms with Crippen molar-refractivity contribution >= 4 is 13.7 Å². The third-order valence-corrected chi connectivity index (χ3v) is 14.2. The van der Waals surface area contributed by atoms with Crippen molar-refractivity contribution < 1.29 is 32.9 Å². The number of nitrogens with one attached hydrogen (secondary N) is 1. The molecule has 0 bridgehead atoms. The van der Waals surface area contributed by atoms with Crippen molar-refractivity contribution in [2.24, 2.45) is 0 Å². The third-order valence-electron chi connectivity index (χ3n) is 13.3. The zero-order valence-corrected chi connectivity index (χ0v) is 45.1. The van der Waals surface area contributed by atoms with E-state index in [-0.39, 0.29) is 19.1 Å². The maximum absolute atomic E-state index is 13.0. The number of allylic oxidation sites excluding steroid dienone is 2. The molecule has 0 aromatic carbocycles. The molecule has 0 radical (unpaired) electrons. The predicted molar refractivity (Wildman–Crippen MR) is 279 cm³/mol. The van der Waals surface area contributed by atoms with Crippen molar-refractivity contribution in [2.45, 2.75) is 302 Å². The van der Waals surface area contributed by atoms with Gasteiger partial charge >= 0.3 is 0 Å². The van der Waals surface area contributed by atoms with Crippen LogP contribution in [0.4, 0.5) is 0 Å². The molecule has 3 atom stereocenters. The smallest absolute Gasteiger partial charge is 0.268 e. The van der Waals surface area contributed by atoms with Crippen LogP contribution in [0.2, 0.25) is 0 Å². The van der Waals surface area contributed by atoms with Gasteiger partial charge in [-0.2, -0.15) is 0 Å².